The Morgan fingerprint density at radius 1 is 1.30 bits per heavy atom. The number of thiophene rings is 1. The molecular weight excluding hydrogens is 476 g/mol. The Balaban J connectivity index is 1.66. The van der Waals surface area contributed by atoms with E-state index in [1.165, 1.54) is 23.3 Å². The zero-order valence-corrected chi connectivity index (χ0v) is 18.6. The third-order valence-electron chi connectivity index (χ3n) is 4.58. The SMILES string of the molecule is Cc1cc(N2CC(NC(=O)Oc3ccc(Br)s3)CC2=O)ccc1C(=O)N(C)C(N)=O. The van der Waals surface area contributed by atoms with Gasteiger partial charge in [-0.05, 0) is 58.7 Å². The number of urea groups is 1. The monoisotopic (exact) mass is 494 g/mol. The number of carbonyl (C=O) groups is 4. The van der Waals surface area contributed by atoms with Gasteiger partial charge in [-0.2, -0.15) is 0 Å². The van der Waals surface area contributed by atoms with Crippen LogP contribution in [-0.4, -0.2) is 48.5 Å². The molecule has 0 radical (unpaired) electrons. The zero-order chi connectivity index (χ0) is 22.0. The molecule has 1 aromatic heterocycles. The van der Waals surface area contributed by atoms with E-state index in [1.54, 1.807) is 37.3 Å². The van der Waals surface area contributed by atoms with Gasteiger partial charge in [0.05, 0.1) is 9.83 Å². The van der Waals surface area contributed by atoms with Crippen LogP contribution < -0.4 is 20.7 Å². The molecule has 11 heteroatoms. The second-order valence-electron chi connectivity index (χ2n) is 6.70. The molecule has 2 heterocycles. The minimum absolute atomic E-state index is 0.132. The quantitative estimate of drug-likeness (QED) is 0.676. The molecule has 3 N–H and O–H groups in total. The number of halogens is 1. The Morgan fingerprint density at radius 3 is 2.63 bits per heavy atom. The zero-order valence-electron chi connectivity index (χ0n) is 16.2. The predicted octanol–water partition coefficient (Wildman–Crippen LogP) is 2.86. The summed E-state index contributed by atoms with van der Waals surface area (Å²) in [6.07, 6.45) is -0.497. The van der Waals surface area contributed by atoms with Crippen molar-refractivity contribution in [3.8, 4) is 5.06 Å². The Labute approximate surface area is 184 Å². The largest absolute Gasteiger partial charge is 0.413 e. The molecule has 0 saturated carbocycles. The number of nitrogens with two attached hydrogens (primary N) is 1. The molecule has 2 aromatic rings. The van der Waals surface area contributed by atoms with Crippen molar-refractivity contribution in [3.63, 3.8) is 0 Å². The molecule has 1 fully saturated rings. The number of ether oxygens (including phenoxy) is 1. The lowest BCUT2D eigenvalue weighted by Gasteiger charge is -2.19. The van der Waals surface area contributed by atoms with Crippen molar-refractivity contribution >= 4 is 56.9 Å². The summed E-state index contributed by atoms with van der Waals surface area (Å²) >= 11 is 4.57. The van der Waals surface area contributed by atoms with Crippen LogP contribution in [0.15, 0.2) is 34.1 Å². The Bertz CT molecular complexity index is 1020. The number of benzene rings is 1. The van der Waals surface area contributed by atoms with Gasteiger partial charge in [0.1, 0.15) is 0 Å². The molecule has 3 rings (SSSR count). The van der Waals surface area contributed by atoms with Gasteiger partial charge in [0, 0.05) is 31.3 Å². The molecule has 30 heavy (non-hydrogen) atoms. The maximum atomic E-state index is 12.4. The van der Waals surface area contributed by atoms with Crippen LogP contribution in [0.1, 0.15) is 22.3 Å². The standard InChI is InChI=1S/C19H19BrN4O5S/c1-10-7-12(3-4-13(10)17(26)23(2)18(21)27)24-9-11(8-15(24)25)22-19(28)29-16-6-5-14(20)30-16/h3-7,11H,8-9H2,1-2H3,(H2,21,27)(H,22,28). The molecule has 0 bridgehead atoms. The summed E-state index contributed by atoms with van der Waals surface area (Å²) in [6.45, 7) is 1.98. The van der Waals surface area contributed by atoms with E-state index >= 15 is 0 Å². The van der Waals surface area contributed by atoms with Crippen molar-refractivity contribution in [1.29, 1.82) is 0 Å². The summed E-state index contributed by atoms with van der Waals surface area (Å²) < 4.78 is 6.04. The fourth-order valence-electron chi connectivity index (χ4n) is 3.03. The van der Waals surface area contributed by atoms with E-state index in [0.29, 0.717) is 21.9 Å². The van der Waals surface area contributed by atoms with Crippen molar-refractivity contribution in [2.24, 2.45) is 5.73 Å². The molecule has 9 nitrogen and oxygen atoms in total. The first-order valence-electron chi connectivity index (χ1n) is 8.88. The molecule has 1 saturated heterocycles. The van der Waals surface area contributed by atoms with Crippen LogP contribution >= 0.6 is 27.3 Å². The average molecular weight is 495 g/mol. The highest BCUT2D eigenvalue weighted by atomic mass is 79.9. The van der Waals surface area contributed by atoms with E-state index in [9.17, 15) is 19.2 Å². The fourth-order valence-corrected chi connectivity index (χ4v) is 4.22. The molecule has 0 spiro atoms. The Morgan fingerprint density at radius 2 is 2.03 bits per heavy atom. The van der Waals surface area contributed by atoms with Crippen LogP contribution in [-0.2, 0) is 4.79 Å². The van der Waals surface area contributed by atoms with Crippen molar-refractivity contribution in [1.82, 2.24) is 10.2 Å². The number of rotatable bonds is 4. The van der Waals surface area contributed by atoms with Crippen molar-refractivity contribution < 1.29 is 23.9 Å². The minimum Gasteiger partial charge on any atom is -0.399 e. The van der Waals surface area contributed by atoms with Crippen molar-refractivity contribution in [2.45, 2.75) is 19.4 Å². The van der Waals surface area contributed by atoms with Crippen LogP contribution in [0.4, 0.5) is 15.3 Å². The number of imide groups is 1. The number of primary amides is 1. The number of aryl methyl sites for hydroxylation is 1. The maximum absolute atomic E-state index is 12.4. The number of amides is 5. The molecule has 0 aliphatic carbocycles. The Hall–Kier alpha value is -2.92. The second kappa shape index (κ2) is 8.84. The maximum Gasteiger partial charge on any atom is 0.413 e. The third kappa shape index (κ3) is 4.79. The highest BCUT2D eigenvalue weighted by molar-refractivity contribution is 9.11. The molecular formula is C19H19BrN4O5S. The lowest BCUT2D eigenvalue weighted by atomic mass is 10.1. The van der Waals surface area contributed by atoms with Gasteiger partial charge in [-0.25, -0.2) is 9.59 Å². The van der Waals surface area contributed by atoms with Gasteiger partial charge in [0.2, 0.25) is 5.91 Å². The summed E-state index contributed by atoms with van der Waals surface area (Å²) in [7, 11) is 1.30. The smallest absolute Gasteiger partial charge is 0.399 e. The molecule has 158 valence electrons. The van der Waals surface area contributed by atoms with E-state index in [4.69, 9.17) is 10.5 Å². The summed E-state index contributed by atoms with van der Waals surface area (Å²) in [4.78, 5) is 50.4. The first kappa shape index (κ1) is 21.8. The van der Waals surface area contributed by atoms with Crippen LogP contribution in [0.25, 0.3) is 0 Å². The van der Waals surface area contributed by atoms with Crippen LogP contribution in [0.5, 0.6) is 5.06 Å². The first-order valence-corrected chi connectivity index (χ1v) is 10.5. The van der Waals surface area contributed by atoms with E-state index in [1.807, 2.05) is 0 Å². The van der Waals surface area contributed by atoms with E-state index < -0.39 is 24.1 Å². The van der Waals surface area contributed by atoms with Crippen LogP contribution in [0, 0.1) is 6.92 Å². The number of carbonyl (C=O) groups excluding carboxylic acids is 4. The van der Waals surface area contributed by atoms with Crippen LogP contribution in [0.3, 0.4) is 0 Å². The molecule has 1 unspecified atom stereocenters. The van der Waals surface area contributed by atoms with Crippen LogP contribution in [0.2, 0.25) is 0 Å². The molecule has 1 aromatic carbocycles. The van der Waals surface area contributed by atoms with Gasteiger partial charge in [-0.3, -0.25) is 14.5 Å². The van der Waals surface area contributed by atoms with Gasteiger partial charge in [-0.1, -0.05) is 11.3 Å². The lowest BCUT2D eigenvalue weighted by Crippen LogP contribution is -2.38. The average Bonchev–Trinajstić information content (AvgIpc) is 3.25. The number of nitrogens with one attached hydrogen (secondary N) is 1. The van der Waals surface area contributed by atoms with Gasteiger partial charge in [0.15, 0.2) is 5.06 Å². The minimum atomic E-state index is -0.853. The molecule has 1 aliphatic heterocycles. The summed E-state index contributed by atoms with van der Waals surface area (Å²) in [5.74, 6) is -0.686. The van der Waals surface area contributed by atoms with E-state index in [0.717, 1.165) is 8.69 Å². The van der Waals surface area contributed by atoms with Crippen molar-refractivity contribution in [2.75, 3.05) is 18.5 Å². The molecule has 5 amide bonds. The topological polar surface area (TPSA) is 122 Å². The molecule has 1 aliphatic rings. The summed E-state index contributed by atoms with van der Waals surface area (Å²) in [5, 5.41) is 3.14. The van der Waals surface area contributed by atoms with Gasteiger partial charge >= 0.3 is 12.1 Å². The lowest BCUT2D eigenvalue weighted by molar-refractivity contribution is -0.117. The van der Waals surface area contributed by atoms with Crippen molar-refractivity contribution in [3.05, 3.63) is 45.2 Å². The van der Waals surface area contributed by atoms with Gasteiger partial charge in [-0.15, -0.1) is 0 Å². The summed E-state index contributed by atoms with van der Waals surface area (Å²) in [6, 6.07) is 7.03. The fraction of sp³-hybridized carbons (Fsp3) is 0.263. The highest BCUT2D eigenvalue weighted by Gasteiger charge is 2.32. The normalized spacial score (nSPS) is 15.8. The van der Waals surface area contributed by atoms with Gasteiger partial charge < -0.3 is 20.7 Å². The second-order valence-corrected chi connectivity index (χ2v) is 9.12. The predicted molar refractivity (Wildman–Crippen MR) is 115 cm³/mol. The first-order chi connectivity index (χ1) is 14.2. The number of nitrogens with zero attached hydrogens (tertiary/aromatic N) is 2. The third-order valence-corrected chi connectivity index (χ3v) is 6.08. The number of hydrogen-bond donors (Lipinski definition) is 2. The van der Waals surface area contributed by atoms with Gasteiger partial charge in [0.25, 0.3) is 5.91 Å². The Kier molecular flexibility index (Phi) is 6.42. The highest BCUT2D eigenvalue weighted by Crippen LogP contribution is 2.29. The van der Waals surface area contributed by atoms with E-state index in [-0.39, 0.29) is 18.9 Å². The summed E-state index contributed by atoms with van der Waals surface area (Å²) in [5.41, 5.74) is 6.64. The molecule has 1 atom stereocenters. The number of hydrogen-bond acceptors (Lipinski definition) is 6. The van der Waals surface area contributed by atoms with E-state index in [2.05, 4.69) is 21.2 Å². The number of anilines is 1.